The highest BCUT2D eigenvalue weighted by molar-refractivity contribution is 6.02. The fourth-order valence-electron chi connectivity index (χ4n) is 1.16. The van der Waals surface area contributed by atoms with Crippen molar-refractivity contribution < 1.29 is 19.3 Å². The number of hydroxylamine groups is 1. The molecule has 1 N–H and O–H groups in total. The first kappa shape index (κ1) is 14.1. The van der Waals surface area contributed by atoms with Crippen LogP contribution < -0.4 is 10.3 Å². The van der Waals surface area contributed by atoms with E-state index in [4.69, 9.17) is 10.1 Å². The number of benzene rings is 1. The second-order valence-electron chi connectivity index (χ2n) is 3.50. The van der Waals surface area contributed by atoms with Crippen LogP contribution in [0.1, 0.15) is 6.92 Å². The molecule has 0 radical (unpaired) electrons. The lowest BCUT2D eigenvalue weighted by Gasteiger charge is -2.08. The van der Waals surface area contributed by atoms with Gasteiger partial charge in [-0.25, -0.2) is 0 Å². The minimum Gasteiger partial charge on any atom is -0.379 e. The van der Waals surface area contributed by atoms with Crippen LogP contribution in [0.3, 0.4) is 0 Å². The number of nitro groups is 1. The Morgan fingerprint density at radius 2 is 2.21 bits per heavy atom. The number of ketones is 1. The fourth-order valence-corrected chi connectivity index (χ4v) is 1.16. The van der Waals surface area contributed by atoms with Gasteiger partial charge in [0.05, 0.1) is 17.1 Å². The molecule has 1 unspecified atom stereocenters. The first-order chi connectivity index (χ1) is 8.95. The number of carbonyl (C=O) groups is 2. The van der Waals surface area contributed by atoms with Gasteiger partial charge in [0.15, 0.2) is 17.5 Å². The molecular formula is C11H9N3O5. The molecular weight excluding hydrogens is 254 g/mol. The minimum atomic E-state index is -1.47. The third-order valence-corrected chi connectivity index (χ3v) is 2.10. The zero-order chi connectivity index (χ0) is 14.4. The normalized spacial score (nSPS) is 10.9. The Morgan fingerprint density at radius 3 is 2.74 bits per heavy atom. The summed E-state index contributed by atoms with van der Waals surface area (Å²) in [5.74, 6) is -3.01. The molecule has 0 aliphatic carbocycles. The Bertz CT molecular complexity index is 564. The zero-order valence-electron chi connectivity index (χ0n) is 9.82. The number of non-ortho nitro benzene ring substituents is 1. The Morgan fingerprint density at radius 1 is 1.53 bits per heavy atom. The first-order valence-electron chi connectivity index (χ1n) is 5.07. The molecule has 0 saturated carbocycles. The molecule has 1 atom stereocenters. The number of carbonyl (C=O) groups excluding carboxylic acids is 2. The van der Waals surface area contributed by atoms with Crippen molar-refractivity contribution in [2.45, 2.75) is 6.92 Å². The van der Waals surface area contributed by atoms with E-state index in [1.54, 1.807) is 0 Å². The lowest BCUT2D eigenvalue weighted by atomic mass is 10.1. The smallest absolute Gasteiger partial charge is 0.277 e. The first-order valence-corrected chi connectivity index (χ1v) is 5.07. The van der Waals surface area contributed by atoms with Gasteiger partial charge >= 0.3 is 0 Å². The summed E-state index contributed by atoms with van der Waals surface area (Å²) >= 11 is 0. The fraction of sp³-hybridized carbons (Fsp3) is 0.182. The van der Waals surface area contributed by atoms with Gasteiger partial charge in [-0.3, -0.25) is 19.7 Å². The lowest BCUT2D eigenvalue weighted by Crippen LogP contribution is -2.35. The van der Waals surface area contributed by atoms with Crippen LogP contribution in [0.2, 0.25) is 0 Å². The summed E-state index contributed by atoms with van der Waals surface area (Å²) in [6, 6.07) is 6.61. The summed E-state index contributed by atoms with van der Waals surface area (Å²) in [4.78, 5) is 37.0. The van der Waals surface area contributed by atoms with Gasteiger partial charge in [0.2, 0.25) is 0 Å². The summed E-state index contributed by atoms with van der Waals surface area (Å²) in [5.41, 5.74) is 1.68. The van der Waals surface area contributed by atoms with Crippen LogP contribution in [-0.2, 0) is 9.59 Å². The van der Waals surface area contributed by atoms with E-state index in [1.807, 2.05) is 5.48 Å². The van der Waals surface area contributed by atoms with Crippen molar-refractivity contribution in [3.63, 3.8) is 0 Å². The molecule has 19 heavy (non-hydrogen) atoms. The molecule has 0 saturated heterocycles. The molecule has 1 amide bonds. The number of nitrogens with one attached hydrogen (secondary N) is 1. The van der Waals surface area contributed by atoms with Crippen molar-refractivity contribution in [2.24, 2.45) is 5.92 Å². The van der Waals surface area contributed by atoms with Gasteiger partial charge < -0.3 is 4.84 Å². The molecule has 0 heterocycles. The summed E-state index contributed by atoms with van der Waals surface area (Å²) in [6.45, 7) is 1.10. The van der Waals surface area contributed by atoms with Gasteiger partial charge in [-0.1, -0.05) is 6.07 Å². The van der Waals surface area contributed by atoms with Gasteiger partial charge in [-0.05, 0) is 13.0 Å². The topological polar surface area (TPSA) is 122 Å². The predicted octanol–water partition coefficient (Wildman–Crippen LogP) is 0.734. The molecule has 1 aromatic carbocycles. The molecule has 8 nitrogen and oxygen atoms in total. The van der Waals surface area contributed by atoms with Crippen molar-refractivity contribution in [1.82, 2.24) is 5.48 Å². The van der Waals surface area contributed by atoms with E-state index >= 15 is 0 Å². The number of amides is 1. The molecule has 98 valence electrons. The molecule has 0 aliphatic rings. The van der Waals surface area contributed by atoms with Crippen LogP contribution in [0, 0.1) is 27.4 Å². The highest BCUT2D eigenvalue weighted by Crippen LogP contribution is 2.18. The quantitative estimate of drug-likeness (QED) is 0.474. The number of rotatable bonds is 5. The van der Waals surface area contributed by atoms with E-state index in [2.05, 4.69) is 0 Å². The van der Waals surface area contributed by atoms with Crippen molar-refractivity contribution in [1.29, 1.82) is 5.26 Å². The summed E-state index contributed by atoms with van der Waals surface area (Å²) in [6.07, 6.45) is 0. The Hall–Kier alpha value is -2.95. The van der Waals surface area contributed by atoms with Crippen molar-refractivity contribution >= 4 is 17.4 Å². The maximum absolute atomic E-state index is 11.4. The number of hydrogen-bond acceptors (Lipinski definition) is 6. The number of nitrogens with zero attached hydrogens (tertiary/aromatic N) is 2. The number of Topliss-reactive ketones (excluding diaryl/α,β-unsaturated/α-hetero) is 1. The average Bonchev–Trinajstić information content (AvgIpc) is 2.37. The monoisotopic (exact) mass is 263 g/mol. The molecule has 0 aromatic heterocycles. The van der Waals surface area contributed by atoms with E-state index in [-0.39, 0.29) is 11.4 Å². The number of hydrogen-bond donors (Lipinski definition) is 1. The average molecular weight is 263 g/mol. The number of nitriles is 1. The van der Waals surface area contributed by atoms with Crippen LogP contribution >= 0.6 is 0 Å². The summed E-state index contributed by atoms with van der Waals surface area (Å²) in [7, 11) is 0. The summed E-state index contributed by atoms with van der Waals surface area (Å²) < 4.78 is 0. The van der Waals surface area contributed by atoms with E-state index < -0.39 is 22.5 Å². The lowest BCUT2D eigenvalue weighted by molar-refractivity contribution is -0.385. The standard InChI is InChI=1S/C11H9N3O5/c1-7(15)10(6-12)11(16)13-19-9-4-2-3-8(5-9)14(17)18/h2-5,10H,1H3,(H,13,16). The van der Waals surface area contributed by atoms with Crippen molar-refractivity contribution in [2.75, 3.05) is 0 Å². The highest BCUT2D eigenvalue weighted by atomic mass is 16.7. The van der Waals surface area contributed by atoms with Crippen LogP contribution in [0.15, 0.2) is 24.3 Å². The predicted molar refractivity (Wildman–Crippen MR) is 61.7 cm³/mol. The van der Waals surface area contributed by atoms with E-state index in [0.29, 0.717) is 0 Å². The maximum atomic E-state index is 11.4. The SMILES string of the molecule is CC(=O)C(C#N)C(=O)NOc1cccc([N+](=O)[O-])c1. The van der Waals surface area contributed by atoms with Gasteiger partial charge in [-0.2, -0.15) is 10.7 Å². The van der Waals surface area contributed by atoms with Gasteiger partial charge in [0.1, 0.15) is 0 Å². The zero-order valence-corrected chi connectivity index (χ0v) is 9.82. The highest BCUT2D eigenvalue weighted by Gasteiger charge is 2.23. The second kappa shape index (κ2) is 6.11. The van der Waals surface area contributed by atoms with E-state index in [1.165, 1.54) is 24.3 Å². The molecule has 0 aliphatic heterocycles. The molecule has 8 heteroatoms. The van der Waals surface area contributed by atoms with Crippen LogP contribution in [0.25, 0.3) is 0 Å². The van der Waals surface area contributed by atoms with Crippen molar-refractivity contribution in [3.8, 4) is 11.8 Å². The van der Waals surface area contributed by atoms with E-state index in [0.717, 1.165) is 13.0 Å². The third-order valence-electron chi connectivity index (χ3n) is 2.10. The second-order valence-corrected chi connectivity index (χ2v) is 3.50. The van der Waals surface area contributed by atoms with Crippen LogP contribution in [0.4, 0.5) is 5.69 Å². The van der Waals surface area contributed by atoms with Crippen LogP contribution in [0.5, 0.6) is 5.75 Å². The molecule has 0 bridgehead atoms. The Balaban J connectivity index is 2.70. The minimum absolute atomic E-state index is 0.0165. The molecule has 0 fully saturated rings. The van der Waals surface area contributed by atoms with Gasteiger partial charge in [-0.15, -0.1) is 0 Å². The number of nitro benzene ring substituents is 1. The van der Waals surface area contributed by atoms with Crippen LogP contribution in [-0.4, -0.2) is 16.6 Å². The maximum Gasteiger partial charge on any atom is 0.277 e. The summed E-state index contributed by atoms with van der Waals surface area (Å²) in [5, 5.41) is 19.1. The van der Waals surface area contributed by atoms with E-state index in [9.17, 15) is 19.7 Å². The Kier molecular flexibility index (Phi) is 4.54. The molecule has 1 rings (SSSR count). The Labute approximate surface area is 107 Å². The molecule has 1 aromatic rings. The van der Waals surface area contributed by atoms with Gasteiger partial charge in [0.25, 0.3) is 11.6 Å². The molecule has 0 spiro atoms. The third kappa shape index (κ3) is 3.78. The van der Waals surface area contributed by atoms with Crippen molar-refractivity contribution in [3.05, 3.63) is 34.4 Å². The largest absolute Gasteiger partial charge is 0.379 e. The van der Waals surface area contributed by atoms with Gasteiger partial charge in [0, 0.05) is 6.07 Å².